The van der Waals surface area contributed by atoms with Crippen molar-refractivity contribution in [2.75, 3.05) is 31.8 Å². The highest BCUT2D eigenvalue weighted by atomic mass is 79.9. The molecule has 3 aromatic carbocycles. The van der Waals surface area contributed by atoms with Gasteiger partial charge in [0.05, 0.1) is 43.2 Å². The smallest absolute Gasteiger partial charge is 0.313 e. The molecule has 3 fully saturated rings. The van der Waals surface area contributed by atoms with Crippen molar-refractivity contribution in [1.29, 1.82) is 0 Å². The van der Waals surface area contributed by atoms with E-state index in [4.69, 9.17) is 25.8 Å². The van der Waals surface area contributed by atoms with Gasteiger partial charge < -0.3 is 34.4 Å². The van der Waals surface area contributed by atoms with E-state index in [9.17, 15) is 14.7 Å². The van der Waals surface area contributed by atoms with Crippen LogP contribution in [0.1, 0.15) is 36.5 Å². The summed E-state index contributed by atoms with van der Waals surface area (Å²) in [5, 5.41) is 14.4. The highest BCUT2D eigenvalue weighted by molar-refractivity contribution is 9.09. The summed E-state index contributed by atoms with van der Waals surface area (Å²) < 4.78 is 18.7. The van der Waals surface area contributed by atoms with E-state index in [-0.39, 0.29) is 38.3 Å². The number of ether oxygens (including phenoxy) is 3. The molecule has 3 saturated heterocycles. The van der Waals surface area contributed by atoms with Gasteiger partial charge in [-0.25, -0.2) is 0 Å². The van der Waals surface area contributed by atoms with E-state index in [1.54, 1.807) is 60.7 Å². The number of nitrogens with zero attached hydrogens (tertiary/aromatic N) is 2. The molecule has 2 N–H and O–H groups in total. The number of esters is 1. The van der Waals surface area contributed by atoms with Crippen molar-refractivity contribution < 1.29 is 38.5 Å². The van der Waals surface area contributed by atoms with Gasteiger partial charge in [0.2, 0.25) is 11.8 Å². The Balaban J connectivity index is 1.41. The average Bonchev–Trinajstić information content (AvgIpc) is 3.81. The number of rotatable bonds is 18. The molecule has 3 aromatic rings. The Morgan fingerprint density at radius 3 is 2.38 bits per heavy atom. The second-order valence-corrected chi connectivity index (χ2v) is 16.0. The van der Waals surface area contributed by atoms with E-state index in [1.807, 2.05) is 36.4 Å². The van der Waals surface area contributed by atoms with Crippen molar-refractivity contribution in [3.05, 3.63) is 126 Å². The Morgan fingerprint density at radius 2 is 1.75 bits per heavy atom. The number of methoxy groups -OCH3 is 1. The van der Waals surface area contributed by atoms with Crippen molar-refractivity contribution >= 4 is 56.9 Å². The van der Waals surface area contributed by atoms with E-state index in [0.29, 0.717) is 22.7 Å². The first-order valence-corrected chi connectivity index (χ1v) is 20.0. The van der Waals surface area contributed by atoms with Gasteiger partial charge in [0.1, 0.15) is 17.7 Å². The number of fused-ring (bicyclic) bond motifs is 1. The van der Waals surface area contributed by atoms with Crippen LogP contribution < -0.4 is 10.2 Å². The van der Waals surface area contributed by atoms with Gasteiger partial charge in [0.15, 0.2) is 0 Å². The molecule has 0 aromatic heterocycles. The predicted molar refractivity (Wildman–Crippen MR) is 216 cm³/mol. The maximum atomic E-state index is 15.2. The van der Waals surface area contributed by atoms with Crippen LogP contribution in [0.3, 0.4) is 0 Å². The SMILES string of the molecule is C=CCCC(=O)N[C@H](COC)[C@H](OC(=O)[C@H]1[C@@H]2O[C@@]3(CC2Br)[C@@H]1C(=O)N([C@@H](CO)Cc1ccccc1)[C@@H]3C(=O)N(CC=C)c1ccc(Cl)cc1)c1ccccc1. The van der Waals surface area contributed by atoms with Crippen LogP contribution >= 0.6 is 27.5 Å². The summed E-state index contributed by atoms with van der Waals surface area (Å²) in [7, 11) is 1.49. The number of amides is 3. The van der Waals surface area contributed by atoms with Gasteiger partial charge in [-0.2, -0.15) is 0 Å². The lowest BCUT2D eigenvalue weighted by atomic mass is 9.70. The number of hydrogen-bond acceptors (Lipinski definition) is 8. The number of likely N-dealkylation sites (tertiary alicyclic amines) is 1. The lowest BCUT2D eigenvalue weighted by Crippen LogP contribution is -2.59. The van der Waals surface area contributed by atoms with E-state index in [2.05, 4.69) is 34.4 Å². The van der Waals surface area contributed by atoms with E-state index < -0.39 is 77.0 Å². The molecule has 3 aliphatic rings. The number of hydrogen-bond donors (Lipinski definition) is 2. The molecule has 3 heterocycles. The van der Waals surface area contributed by atoms with Gasteiger partial charge in [-0.05, 0) is 54.7 Å². The lowest BCUT2D eigenvalue weighted by molar-refractivity contribution is -0.163. The summed E-state index contributed by atoms with van der Waals surface area (Å²) >= 11 is 9.97. The number of nitrogens with one attached hydrogen (secondary N) is 1. The molecule has 56 heavy (non-hydrogen) atoms. The van der Waals surface area contributed by atoms with Gasteiger partial charge in [-0.3, -0.25) is 19.2 Å². The van der Waals surface area contributed by atoms with Gasteiger partial charge in [0.25, 0.3) is 5.91 Å². The van der Waals surface area contributed by atoms with Crippen LogP contribution in [-0.2, 0) is 39.8 Å². The minimum atomic E-state index is -1.46. The topological polar surface area (TPSA) is 135 Å². The Hall–Kier alpha value is -4.33. The molecule has 3 amide bonds. The molecule has 1 spiro atoms. The summed E-state index contributed by atoms with van der Waals surface area (Å²) in [6.07, 6.45) is 2.54. The van der Waals surface area contributed by atoms with Crippen LogP contribution in [-0.4, -0.2) is 95.2 Å². The molecule has 9 atom stereocenters. The number of allylic oxidation sites excluding steroid dienone is 1. The molecule has 0 radical (unpaired) electrons. The van der Waals surface area contributed by atoms with E-state index >= 15 is 9.59 Å². The zero-order valence-corrected chi connectivity index (χ0v) is 33.5. The molecule has 2 bridgehead atoms. The van der Waals surface area contributed by atoms with Crippen molar-refractivity contribution in [1.82, 2.24) is 10.2 Å². The first kappa shape index (κ1) is 41.3. The summed E-state index contributed by atoms with van der Waals surface area (Å²) in [5.74, 6) is -4.18. The third-order valence-electron chi connectivity index (χ3n) is 10.9. The Bertz CT molecular complexity index is 1880. The number of aliphatic hydroxyl groups is 1. The maximum absolute atomic E-state index is 15.2. The standard InChI is InChI=1S/C43H47BrClN3O8/c1-4-6-17-34(50)46-33(26-54-3)37(28-15-11-8-12-16-28)55-42(53)35-36-40(51)48(31(25-49)23-27-13-9-7-10-14-27)39(43(36)24-32(44)38(35)56-43)41(52)47(22-5-2)30-20-18-29(45)19-21-30/h4-5,7-16,18-21,31-33,35-39,49H,1-2,6,17,22-26H2,3H3,(H,46,50)/t31-,32?,33-,35-,36+,37-,38-,39-,43+/m1/s1. The number of carbonyl (C=O) groups excluding carboxylic acids is 4. The molecule has 296 valence electrons. The molecule has 0 saturated carbocycles. The first-order chi connectivity index (χ1) is 27.1. The summed E-state index contributed by atoms with van der Waals surface area (Å²) in [6.45, 7) is 7.26. The van der Waals surface area contributed by atoms with Gasteiger partial charge >= 0.3 is 5.97 Å². The summed E-state index contributed by atoms with van der Waals surface area (Å²) in [5.41, 5.74) is 0.531. The largest absolute Gasteiger partial charge is 0.455 e. The fourth-order valence-corrected chi connectivity index (χ4v) is 9.56. The van der Waals surface area contributed by atoms with E-state index in [1.165, 1.54) is 16.9 Å². The van der Waals surface area contributed by atoms with Gasteiger partial charge in [-0.15, -0.1) is 13.2 Å². The minimum Gasteiger partial charge on any atom is -0.455 e. The van der Waals surface area contributed by atoms with Crippen molar-refractivity contribution in [2.24, 2.45) is 11.8 Å². The van der Waals surface area contributed by atoms with Crippen LogP contribution in [0.15, 0.2) is 110 Å². The van der Waals surface area contributed by atoms with Crippen molar-refractivity contribution in [2.45, 2.75) is 66.4 Å². The molecule has 13 heteroatoms. The third-order valence-corrected chi connectivity index (χ3v) is 12.0. The Kier molecular flexibility index (Phi) is 13.5. The third kappa shape index (κ3) is 8.22. The summed E-state index contributed by atoms with van der Waals surface area (Å²) in [6, 6.07) is 22.3. The molecule has 3 aliphatic heterocycles. The minimum absolute atomic E-state index is 0.0243. The highest BCUT2D eigenvalue weighted by Gasteiger charge is 2.77. The number of aliphatic hydroxyl groups excluding tert-OH is 1. The normalized spacial score (nSPS) is 25.2. The van der Waals surface area contributed by atoms with Crippen LogP contribution in [0, 0.1) is 11.8 Å². The van der Waals surface area contributed by atoms with E-state index in [0.717, 1.165) is 5.56 Å². The maximum Gasteiger partial charge on any atom is 0.313 e. The average molecular weight is 849 g/mol. The fraction of sp³-hybridized carbons (Fsp3) is 0.395. The second-order valence-electron chi connectivity index (χ2n) is 14.4. The second kappa shape index (κ2) is 18.3. The molecule has 1 unspecified atom stereocenters. The molecule has 6 rings (SSSR count). The number of halogens is 2. The number of alkyl halides is 1. The monoisotopic (exact) mass is 847 g/mol. The number of carbonyl (C=O) groups is 4. The van der Waals surface area contributed by atoms with Crippen LogP contribution in [0.4, 0.5) is 5.69 Å². The molecular weight excluding hydrogens is 802 g/mol. The van der Waals surface area contributed by atoms with Crippen LogP contribution in [0.2, 0.25) is 5.02 Å². The highest BCUT2D eigenvalue weighted by Crippen LogP contribution is 2.61. The van der Waals surface area contributed by atoms with Gasteiger partial charge in [-0.1, -0.05) is 100 Å². The molecule has 11 nitrogen and oxygen atoms in total. The van der Waals surface area contributed by atoms with Gasteiger partial charge in [0, 0.05) is 35.6 Å². The van der Waals surface area contributed by atoms with Crippen LogP contribution in [0.5, 0.6) is 0 Å². The van der Waals surface area contributed by atoms with Crippen LogP contribution in [0.25, 0.3) is 0 Å². The zero-order chi connectivity index (χ0) is 40.0. The Morgan fingerprint density at radius 1 is 1.07 bits per heavy atom. The summed E-state index contributed by atoms with van der Waals surface area (Å²) in [4.78, 5) is 60.6. The number of benzene rings is 3. The number of anilines is 1. The molecule has 0 aliphatic carbocycles. The van der Waals surface area contributed by atoms with Crippen molar-refractivity contribution in [3.8, 4) is 0 Å². The quantitative estimate of drug-likeness (QED) is 0.0962. The lowest BCUT2D eigenvalue weighted by Gasteiger charge is -2.39. The molecular formula is C43H47BrClN3O8. The first-order valence-electron chi connectivity index (χ1n) is 18.7. The Labute approximate surface area is 340 Å². The zero-order valence-electron chi connectivity index (χ0n) is 31.2. The fourth-order valence-electron chi connectivity index (χ4n) is 8.49. The van der Waals surface area contributed by atoms with Crippen molar-refractivity contribution in [3.63, 3.8) is 0 Å². The predicted octanol–water partition coefficient (Wildman–Crippen LogP) is 5.59.